The molecule has 1 nitrogen and oxygen atoms in total. The van der Waals surface area contributed by atoms with Crippen molar-refractivity contribution in [2.45, 2.75) is 32.2 Å². The fourth-order valence-electron chi connectivity index (χ4n) is 2.58. The van der Waals surface area contributed by atoms with Crippen molar-refractivity contribution in [1.29, 1.82) is 0 Å². The Balaban J connectivity index is 1.76. The minimum Gasteiger partial charge on any atom is -0.309 e. The van der Waals surface area contributed by atoms with Crippen LogP contribution in [0.1, 0.15) is 36.2 Å². The summed E-state index contributed by atoms with van der Waals surface area (Å²) >= 11 is 3.72. The fraction of sp³-hybridized carbons (Fsp3) is 0.333. The van der Waals surface area contributed by atoms with Crippen LogP contribution >= 0.6 is 22.7 Å². The standard InChI is InChI=1S/C18H21NS2/c1-2-10-19-16(8-7-14-9-11-20-13-14)18-12-15-5-3-4-6-17(15)21-18/h3-6,9,11-13,16,19H,2,7-8,10H2,1H3. The van der Waals surface area contributed by atoms with Crippen LogP contribution in [0.15, 0.2) is 47.2 Å². The zero-order chi connectivity index (χ0) is 14.5. The molecule has 0 radical (unpaired) electrons. The summed E-state index contributed by atoms with van der Waals surface area (Å²) in [7, 11) is 0. The lowest BCUT2D eigenvalue weighted by Crippen LogP contribution is -2.21. The SMILES string of the molecule is CCCNC(CCc1ccsc1)c1cc2ccccc2s1. The van der Waals surface area contributed by atoms with Gasteiger partial charge in [0.1, 0.15) is 0 Å². The number of nitrogens with one attached hydrogen (secondary N) is 1. The van der Waals surface area contributed by atoms with Gasteiger partial charge in [0.2, 0.25) is 0 Å². The van der Waals surface area contributed by atoms with Gasteiger partial charge < -0.3 is 5.32 Å². The van der Waals surface area contributed by atoms with Crippen LogP contribution in [0.3, 0.4) is 0 Å². The molecular formula is C18H21NS2. The molecule has 1 aromatic carbocycles. The van der Waals surface area contributed by atoms with Gasteiger partial charge in [0.15, 0.2) is 0 Å². The first kappa shape index (κ1) is 14.8. The smallest absolute Gasteiger partial charge is 0.0418 e. The average Bonchev–Trinajstić information content (AvgIpc) is 3.16. The molecule has 0 saturated carbocycles. The van der Waals surface area contributed by atoms with E-state index in [1.165, 1.54) is 33.4 Å². The molecule has 0 aliphatic carbocycles. The molecule has 3 aromatic rings. The number of fused-ring (bicyclic) bond motifs is 1. The Kier molecular flexibility index (Phi) is 5.07. The monoisotopic (exact) mass is 315 g/mol. The van der Waals surface area contributed by atoms with Crippen molar-refractivity contribution in [3.8, 4) is 0 Å². The molecule has 1 N–H and O–H groups in total. The van der Waals surface area contributed by atoms with E-state index in [0.29, 0.717) is 6.04 Å². The van der Waals surface area contributed by atoms with Crippen molar-refractivity contribution in [3.05, 3.63) is 57.6 Å². The van der Waals surface area contributed by atoms with E-state index < -0.39 is 0 Å². The summed E-state index contributed by atoms with van der Waals surface area (Å²) < 4.78 is 1.39. The Morgan fingerprint density at radius 3 is 2.86 bits per heavy atom. The van der Waals surface area contributed by atoms with Gasteiger partial charge in [-0.25, -0.2) is 0 Å². The normalized spacial score (nSPS) is 12.8. The molecule has 0 aliphatic rings. The first-order chi connectivity index (χ1) is 10.4. The molecule has 0 fully saturated rings. The van der Waals surface area contributed by atoms with E-state index in [1.807, 2.05) is 11.3 Å². The second-order valence-corrected chi connectivity index (χ2v) is 7.26. The number of rotatable bonds is 7. The molecule has 3 rings (SSSR count). The van der Waals surface area contributed by atoms with Crippen molar-refractivity contribution >= 4 is 32.8 Å². The summed E-state index contributed by atoms with van der Waals surface area (Å²) in [5, 5.41) is 9.53. The number of benzene rings is 1. The third-order valence-electron chi connectivity index (χ3n) is 3.73. The molecule has 1 atom stereocenters. The minimum atomic E-state index is 0.474. The van der Waals surface area contributed by atoms with Crippen LogP contribution in [-0.4, -0.2) is 6.54 Å². The number of hydrogen-bond acceptors (Lipinski definition) is 3. The highest BCUT2D eigenvalue weighted by atomic mass is 32.1. The van der Waals surface area contributed by atoms with Gasteiger partial charge in [0, 0.05) is 15.6 Å². The molecule has 21 heavy (non-hydrogen) atoms. The van der Waals surface area contributed by atoms with E-state index in [-0.39, 0.29) is 0 Å². The zero-order valence-electron chi connectivity index (χ0n) is 12.3. The van der Waals surface area contributed by atoms with Crippen molar-refractivity contribution in [3.63, 3.8) is 0 Å². The predicted octanol–water partition coefficient (Wildman–Crippen LogP) is 5.64. The lowest BCUT2D eigenvalue weighted by molar-refractivity contribution is 0.506. The van der Waals surface area contributed by atoms with E-state index >= 15 is 0 Å². The number of thiophene rings is 2. The lowest BCUT2D eigenvalue weighted by atomic mass is 10.1. The maximum Gasteiger partial charge on any atom is 0.0418 e. The van der Waals surface area contributed by atoms with Crippen molar-refractivity contribution in [2.75, 3.05) is 6.54 Å². The van der Waals surface area contributed by atoms with Crippen LogP contribution in [0.2, 0.25) is 0 Å². The van der Waals surface area contributed by atoms with Gasteiger partial charge in [-0.05, 0) is 65.7 Å². The Bertz CT molecular complexity index is 636. The van der Waals surface area contributed by atoms with E-state index in [2.05, 4.69) is 59.4 Å². The molecular weight excluding hydrogens is 294 g/mol. The van der Waals surface area contributed by atoms with E-state index in [1.54, 1.807) is 11.3 Å². The first-order valence-electron chi connectivity index (χ1n) is 7.59. The van der Waals surface area contributed by atoms with Crippen molar-refractivity contribution < 1.29 is 0 Å². The first-order valence-corrected chi connectivity index (χ1v) is 9.35. The topological polar surface area (TPSA) is 12.0 Å². The number of aryl methyl sites for hydroxylation is 1. The molecule has 3 heteroatoms. The maximum atomic E-state index is 3.72. The Morgan fingerprint density at radius 1 is 1.19 bits per heavy atom. The number of hydrogen-bond donors (Lipinski definition) is 1. The summed E-state index contributed by atoms with van der Waals surface area (Å²) in [6.07, 6.45) is 3.50. The van der Waals surface area contributed by atoms with Gasteiger partial charge in [-0.3, -0.25) is 0 Å². The maximum absolute atomic E-state index is 3.72. The highest BCUT2D eigenvalue weighted by Crippen LogP contribution is 2.32. The Labute approximate surface area is 134 Å². The molecule has 0 saturated heterocycles. The molecule has 0 aliphatic heterocycles. The molecule has 2 heterocycles. The predicted molar refractivity (Wildman–Crippen MR) is 95.5 cm³/mol. The van der Waals surface area contributed by atoms with Gasteiger partial charge in [0.05, 0.1) is 0 Å². The highest BCUT2D eigenvalue weighted by Gasteiger charge is 2.14. The summed E-state index contributed by atoms with van der Waals surface area (Å²) in [6, 6.07) is 13.8. The lowest BCUT2D eigenvalue weighted by Gasteiger charge is -2.16. The molecule has 0 spiro atoms. The van der Waals surface area contributed by atoms with Crippen molar-refractivity contribution in [1.82, 2.24) is 5.32 Å². The second kappa shape index (κ2) is 7.21. The van der Waals surface area contributed by atoms with Gasteiger partial charge in [-0.15, -0.1) is 11.3 Å². The summed E-state index contributed by atoms with van der Waals surface area (Å²) in [6.45, 7) is 3.32. The van der Waals surface area contributed by atoms with Crippen LogP contribution in [-0.2, 0) is 6.42 Å². The molecule has 0 bridgehead atoms. The average molecular weight is 316 g/mol. The summed E-state index contributed by atoms with van der Waals surface area (Å²) in [4.78, 5) is 1.47. The van der Waals surface area contributed by atoms with Gasteiger partial charge >= 0.3 is 0 Å². The Morgan fingerprint density at radius 2 is 2.10 bits per heavy atom. The second-order valence-electron chi connectivity index (χ2n) is 5.36. The Hall–Kier alpha value is -1.16. The third kappa shape index (κ3) is 3.73. The molecule has 0 amide bonds. The zero-order valence-corrected chi connectivity index (χ0v) is 14.0. The van der Waals surface area contributed by atoms with Crippen LogP contribution in [0.25, 0.3) is 10.1 Å². The van der Waals surface area contributed by atoms with E-state index in [4.69, 9.17) is 0 Å². The quantitative estimate of drug-likeness (QED) is 0.595. The van der Waals surface area contributed by atoms with Crippen molar-refractivity contribution in [2.24, 2.45) is 0 Å². The molecule has 1 unspecified atom stereocenters. The van der Waals surface area contributed by atoms with Gasteiger partial charge in [0.25, 0.3) is 0 Å². The fourth-order valence-corrected chi connectivity index (χ4v) is 4.46. The summed E-state index contributed by atoms with van der Waals surface area (Å²) in [5.41, 5.74) is 1.46. The van der Waals surface area contributed by atoms with Gasteiger partial charge in [-0.1, -0.05) is 25.1 Å². The van der Waals surface area contributed by atoms with Gasteiger partial charge in [-0.2, -0.15) is 11.3 Å². The van der Waals surface area contributed by atoms with Crippen LogP contribution in [0.5, 0.6) is 0 Å². The molecule has 110 valence electrons. The third-order valence-corrected chi connectivity index (χ3v) is 5.69. The highest BCUT2D eigenvalue weighted by molar-refractivity contribution is 7.19. The van der Waals surface area contributed by atoms with Crippen LogP contribution < -0.4 is 5.32 Å². The molecule has 2 aromatic heterocycles. The largest absolute Gasteiger partial charge is 0.309 e. The van der Waals surface area contributed by atoms with Crippen LogP contribution in [0, 0.1) is 0 Å². The van der Waals surface area contributed by atoms with E-state index in [0.717, 1.165) is 13.0 Å². The van der Waals surface area contributed by atoms with Crippen LogP contribution in [0.4, 0.5) is 0 Å². The van der Waals surface area contributed by atoms with E-state index in [9.17, 15) is 0 Å². The minimum absolute atomic E-state index is 0.474. The summed E-state index contributed by atoms with van der Waals surface area (Å²) in [5.74, 6) is 0.